The maximum Gasteiger partial charge on any atom is 0.119 e. The molecule has 0 fully saturated rings. The first-order chi connectivity index (χ1) is 8.51. The molecular weight excluding hydrogens is 222 g/mol. The number of benzene rings is 1. The molecule has 2 nitrogen and oxygen atoms in total. The molecule has 1 aromatic carbocycles. The van der Waals surface area contributed by atoms with E-state index in [1.54, 1.807) is 6.08 Å². The van der Waals surface area contributed by atoms with E-state index < -0.39 is 0 Å². The van der Waals surface area contributed by atoms with Gasteiger partial charge in [-0.25, -0.2) is 0 Å². The van der Waals surface area contributed by atoms with Gasteiger partial charge >= 0.3 is 0 Å². The van der Waals surface area contributed by atoms with Crippen molar-refractivity contribution >= 4 is 0 Å². The molecule has 0 amide bonds. The minimum atomic E-state index is 0.398. The maximum atomic E-state index is 5.44. The SMILES string of the molecule is C=CCOc1ccc(CNCCC(C)(C)C)cc1. The molecule has 0 aliphatic carbocycles. The van der Waals surface area contributed by atoms with Crippen molar-refractivity contribution in [2.24, 2.45) is 5.41 Å². The Bertz CT molecular complexity index is 348. The van der Waals surface area contributed by atoms with E-state index in [0.717, 1.165) is 18.8 Å². The van der Waals surface area contributed by atoms with Gasteiger partial charge in [0, 0.05) is 6.54 Å². The minimum Gasteiger partial charge on any atom is -0.490 e. The Hall–Kier alpha value is -1.28. The summed E-state index contributed by atoms with van der Waals surface area (Å²) in [6.07, 6.45) is 2.94. The van der Waals surface area contributed by atoms with Gasteiger partial charge in [0.05, 0.1) is 0 Å². The summed E-state index contributed by atoms with van der Waals surface area (Å²) in [7, 11) is 0. The zero-order chi connectivity index (χ0) is 13.4. The largest absolute Gasteiger partial charge is 0.490 e. The van der Waals surface area contributed by atoms with Crippen molar-refractivity contribution in [2.45, 2.75) is 33.7 Å². The van der Waals surface area contributed by atoms with E-state index in [9.17, 15) is 0 Å². The van der Waals surface area contributed by atoms with Crippen LogP contribution < -0.4 is 10.1 Å². The summed E-state index contributed by atoms with van der Waals surface area (Å²) in [6.45, 7) is 12.9. The summed E-state index contributed by atoms with van der Waals surface area (Å²) in [6, 6.07) is 8.21. The fourth-order valence-corrected chi connectivity index (χ4v) is 1.55. The van der Waals surface area contributed by atoms with Gasteiger partial charge in [0.15, 0.2) is 0 Å². The van der Waals surface area contributed by atoms with Gasteiger partial charge in [-0.3, -0.25) is 0 Å². The van der Waals surface area contributed by atoms with E-state index in [0.29, 0.717) is 12.0 Å². The van der Waals surface area contributed by atoms with Gasteiger partial charge in [-0.2, -0.15) is 0 Å². The summed E-state index contributed by atoms with van der Waals surface area (Å²) in [5.74, 6) is 0.897. The summed E-state index contributed by atoms with van der Waals surface area (Å²) in [4.78, 5) is 0. The second-order valence-corrected chi connectivity index (χ2v) is 5.73. The Kier molecular flexibility index (Phi) is 5.93. The molecule has 0 unspecified atom stereocenters. The molecule has 0 bridgehead atoms. The Balaban J connectivity index is 2.28. The van der Waals surface area contributed by atoms with Crippen LogP contribution >= 0.6 is 0 Å². The first kappa shape index (κ1) is 14.8. The van der Waals surface area contributed by atoms with Gasteiger partial charge in [-0.05, 0) is 36.1 Å². The molecule has 1 N–H and O–H groups in total. The fourth-order valence-electron chi connectivity index (χ4n) is 1.55. The highest BCUT2D eigenvalue weighted by atomic mass is 16.5. The topological polar surface area (TPSA) is 21.3 Å². The van der Waals surface area contributed by atoms with Crippen molar-refractivity contribution in [3.05, 3.63) is 42.5 Å². The van der Waals surface area contributed by atoms with Crippen LogP contribution in [-0.4, -0.2) is 13.2 Å². The molecule has 0 saturated heterocycles. The quantitative estimate of drug-likeness (QED) is 0.585. The zero-order valence-corrected chi connectivity index (χ0v) is 11.8. The van der Waals surface area contributed by atoms with Crippen LogP contribution in [0.2, 0.25) is 0 Å². The van der Waals surface area contributed by atoms with Crippen LogP contribution in [0.1, 0.15) is 32.8 Å². The normalized spacial score (nSPS) is 11.3. The lowest BCUT2D eigenvalue weighted by Gasteiger charge is -2.18. The van der Waals surface area contributed by atoms with Crippen LogP contribution in [0.15, 0.2) is 36.9 Å². The van der Waals surface area contributed by atoms with Crippen LogP contribution in [0.5, 0.6) is 5.75 Å². The molecule has 0 aromatic heterocycles. The molecule has 0 radical (unpaired) electrons. The molecular formula is C16H25NO. The molecule has 0 atom stereocenters. The van der Waals surface area contributed by atoms with Crippen molar-refractivity contribution in [3.63, 3.8) is 0 Å². The Morgan fingerprint density at radius 2 is 1.89 bits per heavy atom. The zero-order valence-electron chi connectivity index (χ0n) is 11.8. The maximum absolute atomic E-state index is 5.44. The van der Waals surface area contributed by atoms with Gasteiger partial charge in [0.25, 0.3) is 0 Å². The fraction of sp³-hybridized carbons (Fsp3) is 0.500. The number of hydrogen-bond acceptors (Lipinski definition) is 2. The van der Waals surface area contributed by atoms with E-state index >= 15 is 0 Å². The number of hydrogen-bond donors (Lipinski definition) is 1. The Morgan fingerprint density at radius 1 is 1.22 bits per heavy atom. The number of nitrogens with one attached hydrogen (secondary N) is 1. The van der Waals surface area contributed by atoms with Gasteiger partial charge < -0.3 is 10.1 Å². The van der Waals surface area contributed by atoms with Crippen molar-refractivity contribution in [2.75, 3.05) is 13.2 Å². The third kappa shape index (κ3) is 6.45. The third-order valence-electron chi connectivity index (χ3n) is 2.67. The molecule has 0 saturated carbocycles. The molecule has 1 rings (SSSR count). The average molecular weight is 247 g/mol. The van der Waals surface area contributed by atoms with E-state index in [4.69, 9.17) is 4.74 Å². The van der Waals surface area contributed by atoms with E-state index in [2.05, 4.69) is 44.8 Å². The lowest BCUT2D eigenvalue weighted by molar-refractivity contribution is 0.362. The van der Waals surface area contributed by atoms with Crippen molar-refractivity contribution < 1.29 is 4.74 Å². The molecule has 0 aliphatic rings. The lowest BCUT2D eigenvalue weighted by Crippen LogP contribution is -2.20. The molecule has 100 valence electrons. The first-order valence-corrected chi connectivity index (χ1v) is 6.54. The molecule has 0 heterocycles. The number of ether oxygens (including phenoxy) is 1. The number of rotatable bonds is 7. The molecule has 0 spiro atoms. The highest BCUT2D eigenvalue weighted by Gasteiger charge is 2.08. The first-order valence-electron chi connectivity index (χ1n) is 6.54. The average Bonchev–Trinajstić information content (AvgIpc) is 2.32. The lowest BCUT2D eigenvalue weighted by atomic mass is 9.92. The van der Waals surface area contributed by atoms with Gasteiger partial charge in [-0.1, -0.05) is 45.6 Å². The highest BCUT2D eigenvalue weighted by Crippen LogP contribution is 2.17. The molecule has 2 heteroatoms. The smallest absolute Gasteiger partial charge is 0.119 e. The van der Waals surface area contributed by atoms with Crippen LogP contribution in [0.4, 0.5) is 0 Å². The predicted molar refractivity (Wildman–Crippen MR) is 77.9 cm³/mol. The summed E-state index contributed by atoms with van der Waals surface area (Å²) in [5, 5.41) is 3.46. The van der Waals surface area contributed by atoms with Crippen LogP contribution in [-0.2, 0) is 6.54 Å². The van der Waals surface area contributed by atoms with Gasteiger partial charge in [-0.15, -0.1) is 0 Å². The van der Waals surface area contributed by atoms with Crippen LogP contribution in [0.25, 0.3) is 0 Å². The highest BCUT2D eigenvalue weighted by molar-refractivity contribution is 5.27. The summed E-state index contributed by atoms with van der Waals surface area (Å²) in [5.41, 5.74) is 1.69. The van der Waals surface area contributed by atoms with Crippen molar-refractivity contribution in [1.29, 1.82) is 0 Å². The van der Waals surface area contributed by atoms with Gasteiger partial charge in [0.2, 0.25) is 0 Å². The van der Waals surface area contributed by atoms with Crippen LogP contribution in [0, 0.1) is 5.41 Å². The Labute approximate surface area is 111 Å². The predicted octanol–water partition coefficient (Wildman–Crippen LogP) is 3.78. The van der Waals surface area contributed by atoms with Crippen molar-refractivity contribution in [3.8, 4) is 5.75 Å². The standard InChI is InChI=1S/C16H25NO/c1-5-12-18-15-8-6-14(7-9-15)13-17-11-10-16(2,3)4/h5-9,17H,1,10-13H2,2-4H3. The van der Waals surface area contributed by atoms with Gasteiger partial charge in [0.1, 0.15) is 12.4 Å². The summed E-state index contributed by atoms with van der Waals surface area (Å²) >= 11 is 0. The Morgan fingerprint density at radius 3 is 2.44 bits per heavy atom. The third-order valence-corrected chi connectivity index (χ3v) is 2.67. The minimum absolute atomic E-state index is 0.398. The van der Waals surface area contributed by atoms with E-state index in [-0.39, 0.29) is 0 Å². The van der Waals surface area contributed by atoms with Crippen LogP contribution in [0.3, 0.4) is 0 Å². The molecule has 0 aliphatic heterocycles. The van der Waals surface area contributed by atoms with E-state index in [1.807, 2.05) is 12.1 Å². The second kappa shape index (κ2) is 7.22. The summed E-state index contributed by atoms with van der Waals surface area (Å²) < 4.78 is 5.44. The molecule has 18 heavy (non-hydrogen) atoms. The monoisotopic (exact) mass is 247 g/mol. The van der Waals surface area contributed by atoms with E-state index in [1.165, 1.54) is 12.0 Å². The second-order valence-electron chi connectivity index (χ2n) is 5.73. The molecule has 1 aromatic rings. The van der Waals surface area contributed by atoms with Crippen molar-refractivity contribution in [1.82, 2.24) is 5.32 Å².